The molecule has 5 aromatic rings. The van der Waals surface area contributed by atoms with E-state index in [1.54, 1.807) is 23.5 Å². The summed E-state index contributed by atoms with van der Waals surface area (Å²) in [5.41, 5.74) is 9.32. The predicted molar refractivity (Wildman–Crippen MR) is 138 cm³/mol. The largest absolute Gasteiger partial charge is 0.348 e. The first-order valence-corrected chi connectivity index (χ1v) is 12.0. The Morgan fingerprint density at radius 3 is 2.21 bits per heavy atom. The lowest BCUT2D eigenvalue weighted by Gasteiger charge is -2.08. The zero-order valence-corrected chi connectivity index (χ0v) is 20.1. The summed E-state index contributed by atoms with van der Waals surface area (Å²) >= 11 is 1.63. The normalized spacial score (nSPS) is 11.0. The average Bonchev–Trinajstić information content (AvgIpc) is 3.34. The van der Waals surface area contributed by atoms with E-state index >= 15 is 0 Å². The molecule has 1 amide bonds. The van der Waals surface area contributed by atoms with Crippen LogP contribution >= 0.6 is 11.3 Å². The van der Waals surface area contributed by atoms with Crippen molar-refractivity contribution in [2.24, 2.45) is 0 Å². The van der Waals surface area contributed by atoms with Gasteiger partial charge in [-0.1, -0.05) is 54.1 Å². The topological polar surface area (TPSA) is 67.8 Å². The fraction of sp³-hybridized carbons (Fsp3) is 0.143. The van der Waals surface area contributed by atoms with Gasteiger partial charge in [0.2, 0.25) is 0 Å². The highest BCUT2D eigenvalue weighted by atomic mass is 32.1. The monoisotopic (exact) mass is 464 g/mol. The molecule has 0 aliphatic rings. The number of fused-ring (bicyclic) bond motifs is 1. The van der Waals surface area contributed by atoms with Crippen molar-refractivity contribution >= 4 is 28.3 Å². The molecule has 0 atom stereocenters. The van der Waals surface area contributed by atoms with Gasteiger partial charge in [0.05, 0.1) is 28.1 Å². The summed E-state index contributed by atoms with van der Waals surface area (Å²) < 4.78 is 0. The Balaban J connectivity index is 1.25. The summed E-state index contributed by atoms with van der Waals surface area (Å²) in [4.78, 5) is 26.6. The SMILES string of the molecule is Cc1ccc(-c2csc(-c3ccc(CNC(=O)c4ccc5nc(C)c(C)nc5c4)cc3)n2)cc1. The van der Waals surface area contributed by atoms with E-state index in [-0.39, 0.29) is 5.91 Å². The molecule has 0 saturated carbocycles. The van der Waals surface area contributed by atoms with Crippen molar-refractivity contribution in [2.75, 3.05) is 0 Å². The van der Waals surface area contributed by atoms with Crippen molar-refractivity contribution in [1.82, 2.24) is 20.3 Å². The third kappa shape index (κ3) is 4.58. The van der Waals surface area contributed by atoms with Crippen LogP contribution < -0.4 is 5.32 Å². The van der Waals surface area contributed by atoms with Crippen molar-refractivity contribution in [3.8, 4) is 21.8 Å². The maximum absolute atomic E-state index is 12.7. The van der Waals surface area contributed by atoms with Crippen molar-refractivity contribution < 1.29 is 4.79 Å². The molecule has 6 heteroatoms. The third-order valence-corrected chi connectivity index (χ3v) is 6.73. The number of carbonyl (C=O) groups is 1. The van der Waals surface area contributed by atoms with E-state index in [4.69, 9.17) is 4.98 Å². The summed E-state index contributed by atoms with van der Waals surface area (Å²) in [5, 5.41) is 6.06. The number of carbonyl (C=O) groups excluding carboxylic acids is 1. The summed E-state index contributed by atoms with van der Waals surface area (Å²) in [5.74, 6) is -0.131. The molecule has 0 aliphatic carbocycles. The van der Waals surface area contributed by atoms with Gasteiger partial charge in [0, 0.05) is 28.6 Å². The molecule has 0 fully saturated rings. The molecule has 0 bridgehead atoms. The van der Waals surface area contributed by atoms with Crippen LogP contribution in [0.2, 0.25) is 0 Å². The van der Waals surface area contributed by atoms with E-state index in [2.05, 4.69) is 64.0 Å². The summed E-state index contributed by atoms with van der Waals surface area (Å²) in [6.45, 7) is 6.39. The molecule has 0 spiro atoms. The number of aryl methyl sites for hydroxylation is 3. The highest BCUT2D eigenvalue weighted by molar-refractivity contribution is 7.13. The lowest BCUT2D eigenvalue weighted by molar-refractivity contribution is 0.0951. The second-order valence-electron chi connectivity index (χ2n) is 8.38. The second-order valence-corrected chi connectivity index (χ2v) is 9.24. The first-order chi connectivity index (χ1) is 16.5. The first kappa shape index (κ1) is 21.9. The number of nitrogens with zero attached hydrogens (tertiary/aromatic N) is 3. The summed E-state index contributed by atoms with van der Waals surface area (Å²) in [6, 6.07) is 22.0. The maximum Gasteiger partial charge on any atom is 0.251 e. The minimum absolute atomic E-state index is 0.131. The number of benzene rings is 3. The molecule has 0 unspecified atom stereocenters. The minimum atomic E-state index is -0.131. The van der Waals surface area contributed by atoms with Gasteiger partial charge in [-0.15, -0.1) is 11.3 Å². The van der Waals surface area contributed by atoms with Crippen LogP contribution in [-0.4, -0.2) is 20.9 Å². The van der Waals surface area contributed by atoms with E-state index < -0.39 is 0 Å². The number of aromatic nitrogens is 3. The smallest absolute Gasteiger partial charge is 0.251 e. The van der Waals surface area contributed by atoms with Crippen LogP contribution in [0.15, 0.2) is 72.1 Å². The fourth-order valence-corrected chi connectivity index (χ4v) is 4.52. The zero-order valence-electron chi connectivity index (χ0n) is 19.3. The van der Waals surface area contributed by atoms with Gasteiger partial charge < -0.3 is 5.32 Å². The van der Waals surface area contributed by atoms with Crippen LogP contribution in [0.25, 0.3) is 32.9 Å². The van der Waals surface area contributed by atoms with Crippen molar-refractivity contribution in [2.45, 2.75) is 27.3 Å². The highest BCUT2D eigenvalue weighted by Crippen LogP contribution is 2.29. The highest BCUT2D eigenvalue weighted by Gasteiger charge is 2.10. The molecule has 3 aromatic carbocycles. The minimum Gasteiger partial charge on any atom is -0.348 e. The fourth-order valence-electron chi connectivity index (χ4n) is 3.68. The molecular formula is C28H24N4OS. The number of rotatable bonds is 5. The van der Waals surface area contributed by atoms with Crippen LogP contribution in [0.5, 0.6) is 0 Å². The quantitative estimate of drug-likeness (QED) is 0.333. The first-order valence-electron chi connectivity index (χ1n) is 11.1. The van der Waals surface area contributed by atoms with Gasteiger partial charge in [0.25, 0.3) is 5.91 Å². The Kier molecular flexibility index (Phi) is 5.90. The van der Waals surface area contributed by atoms with E-state index in [0.717, 1.165) is 49.8 Å². The van der Waals surface area contributed by atoms with Crippen LogP contribution in [-0.2, 0) is 6.54 Å². The van der Waals surface area contributed by atoms with Gasteiger partial charge in [-0.2, -0.15) is 0 Å². The zero-order chi connectivity index (χ0) is 23.7. The predicted octanol–water partition coefficient (Wildman–Crippen LogP) is 6.28. The Hall–Kier alpha value is -3.90. The number of amides is 1. The lowest BCUT2D eigenvalue weighted by atomic mass is 10.1. The average molecular weight is 465 g/mol. The van der Waals surface area contributed by atoms with Crippen LogP contribution in [0.4, 0.5) is 0 Å². The molecular weight excluding hydrogens is 440 g/mol. The van der Waals surface area contributed by atoms with Crippen LogP contribution in [0, 0.1) is 20.8 Å². The van der Waals surface area contributed by atoms with Gasteiger partial charge in [-0.25, -0.2) is 15.0 Å². The van der Waals surface area contributed by atoms with E-state index in [1.165, 1.54) is 5.56 Å². The molecule has 2 aromatic heterocycles. The van der Waals surface area contributed by atoms with E-state index in [9.17, 15) is 4.79 Å². The summed E-state index contributed by atoms with van der Waals surface area (Å²) in [6.07, 6.45) is 0. The van der Waals surface area contributed by atoms with Crippen molar-refractivity contribution in [1.29, 1.82) is 0 Å². The third-order valence-electron chi connectivity index (χ3n) is 5.84. The van der Waals surface area contributed by atoms with Crippen LogP contribution in [0.3, 0.4) is 0 Å². The van der Waals surface area contributed by atoms with Gasteiger partial charge in [-0.05, 0) is 44.5 Å². The van der Waals surface area contributed by atoms with E-state index in [1.807, 2.05) is 32.0 Å². The van der Waals surface area contributed by atoms with E-state index in [0.29, 0.717) is 12.1 Å². The number of thiazole rings is 1. The maximum atomic E-state index is 12.7. The number of nitrogens with one attached hydrogen (secondary N) is 1. The molecule has 5 rings (SSSR count). The molecule has 1 N–H and O–H groups in total. The molecule has 168 valence electrons. The van der Waals surface area contributed by atoms with Crippen molar-refractivity contribution in [3.63, 3.8) is 0 Å². The van der Waals surface area contributed by atoms with Gasteiger partial charge in [0.1, 0.15) is 5.01 Å². The lowest BCUT2D eigenvalue weighted by Crippen LogP contribution is -2.22. The van der Waals surface area contributed by atoms with Crippen molar-refractivity contribution in [3.05, 3.63) is 100 Å². The molecule has 0 saturated heterocycles. The molecule has 34 heavy (non-hydrogen) atoms. The van der Waals surface area contributed by atoms with Gasteiger partial charge >= 0.3 is 0 Å². The Labute approximate surface area is 202 Å². The van der Waals surface area contributed by atoms with Crippen LogP contribution in [0.1, 0.15) is 32.9 Å². The molecule has 5 nitrogen and oxygen atoms in total. The molecule has 2 heterocycles. The Bertz CT molecular complexity index is 1490. The Morgan fingerprint density at radius 1 is 0.794 bits per heavy atom. The number of hydrogen-bond donors (Lipinski definition) is 1. The second kappa shape index (κ2) is 9.15. The molecule has 0 aliphatic heterocycles. The Morgan fingerprint density at radius 2 is 1.47 bits per heavy atom. The standard InChI is InChI=1S/C28H24N4OS/c1-17-4-8-21(9-5-17)26-16-34-28(32-26)22-10-6-20(7-11-22)15-29-27(33)23-12-13-24-25(14-23)31-19(3)18(2)30-24/h4-14,16H,15H2,1-3H3,(H,29,33). The van der Waals surface area contributed by atoms with Gasteiger partial charge in [-0.3, -0.25) is 4.79 Å². The summed E-state index contributed by atoms with van der Waals surface area (Å²) in [7, 11) is 0. The number of hydrogen-bond acceptors (Lipinski definition) is 5. The van der Waals surface area contributed by atoms with Gasteiger partial charge in [0.15, 0.2) is 0 Å². The molecule has 0 radical (unpaired) electrons.